The second kappa shape index (κ2) is 4.94. The molecule has 0 radical (unpaired) electrons. The molecule has 0 spiro atoms. The quantitative estimate of drug-likeness (QED) is 0.717. The van der Waals surface area contributed by atoms with Crippen LogP contribution in [0.15, 0.2) is 18.2 Å². The molecule has 2 aliphatic carbocycles. The van der Waals surface area contributed by atoms with E-state index in [-0.39, 0.29) is 0 Å². The zero-order valence-electron chi connectivity index (χ0n) is 11.9. The van der Waals surface area contributed by atoms with E-state index in [0.29, 0.717) is 0 Å². The molecule has 19 heavy (non-hydrogen) atoms. The largest absolute Gasteiger partial charge is 0.296 e. The van der Waals surface area contributed by atoms with E-state index in [1.54, 1.807) is 16.7 Å². The summed E-state index contributed by atoms with van der Waals surface area (Å²) in [6, 6.07) is 7.89. The van der Waals surface area contributed by atoms with E-state index < -0.39 is 0 Å². The van der Waals surface area contributed by atoms with Crippen molar-refractivity contribution in [2.45, 2.75) is 63.3 Å². The Labute approximate surface area is 117 Å². The highest BCUT2D eigenvalue weighted by Crippen LogP contribution is 2.46. The molecule has 3 aliphatic rings. The fourth-order valence-corrected chi connectivity index (χ4v) is 4.74. The summed E-state index contributed by atoms with van der Waals surface area (Å²) < 4.78 is 0. The molecule has 0 N–H and O–H groups in total. The van der Waals surface area contributed by atoms with Gasteiger partial charge in [-0.05, 0) is 80.6 Å². The predicted octanol–water partition coefficient (Wildman–Crippen LogP) is 4.43. The Balaban J connectivity index is 1.72. The summed E-state index contributed by atoms with van der Waals surface area (Å²) in [6.07, 6.45) is 11.3. The number of likely N-dealkylation sites (tertiary alicyclic amines) is 1. The molecule has 1 heteroatoms. The van der Waals surface area contributed by atoms with Crippen molar-refractivity contribution in [3.8, 4) is 0 Å². The third-order valence-corrected chi connectivity index (χ3v) is 5.62. The van der Waals surface area contributed by atoms with E-state index in [4.69, 9.17) is 0 Å². The van der Waals surface area contributed by atoms with Crippen molar-refractivity contribution in [2.75, 3.05) is 13.1 Å². The van der Waals surface area contributed by atoms with Crippen LogP contribution in [0.4, 0.5) is 0 Å². The van der Waals surface area contributed by atoms with Crippen molar-refractivity contribution in [3.05, 3.63) is 34.9 Å². The maximum absolute atomic E-state index is 2.78. The van der Waals surface area contributed by atoms with Gasteiger partial charge >= 0.3 is 0 Å². The zero-order valence-corrected chi connectivity index (χ0v) is 11.9. The normalized spacial score (nSPS) is 30.9. The molecular formula is C18H25N. The number of benzene rings is 1. The summed E-state index contributed by atoms with van der Waals surface area (Å²) >= 11 is 0. The molecule has 1 nitrogen and oxygen atoms in total. The molecule has 1 heterocycles. The molecule has 0 saturated carbocycles. The lowest BCUT2D eigenvalue weighted by molar-refractivity contribution is 0.143. The van der Waals surface area contributed by atoms with E-state index >= 15 is 0 Å². The molecule has 4 rings (SSSR count). The van der Waals surface area contributed by atoms with Crippen LogP contribution in [0.2, 0.25) is 0 Å². The second-order valence-electron chi connectivity index (χ2n) is 6.70. The number of aryl methyl sites for hydroxylation is 1. The van der Waals surface area contributed by atoms with Gasteiger partial charge < -0.3 is 0 Å². The van der Waals surface area contributed by atoms with Crippen LogP contribution in [0.25, 0.3) is 0 Å². The van der Waals surface area contributed by atoms with Gasteiger partial charge in [0.2, 0.25) is 0 Å². The van der Waals surface area contributed by atoms with Crippen molar-refractivity contribution >= 4 is 0 Å². The second-order valence-corrected chi connectivity index (χ2v) is 6.70. The Morgan fingerprint density at radius 3 is 2.68 bits per heavy atom. The maximum Gasteiger partial charge on any atom is 0.0351 e. The minimum atomic E-state index is 0.740. The van der Waals surface area contributed by atoms with Gasteiger partial charge in [0.05, 0.1) is 0 Å². The average Bonchev–Trinajstić information content (AvgIpc) is 2.49. The SMILES string of the molecule is c1cc2c3c(c1)C(N1CCCCC1)CCC3CCC2. The van der Waals surface area contributed by atoms with E-state index in [1.165, 1.54) is 64.5 Å². The van der Waals surface area contributed by atoms with Crippen molar-refractivity contribution in [3.63, 3.8) is 0 Å². The van der Waals surface area contributed by atoms with Gasteiger partial charge in [0.1, 0.15) is 0 Å². The highest BCUT2D eigenvalue weighted by Gasteiger charge is 2.33. The summed E-state index contributed by atoms with van der Waals surface area (Å²) in [7, 11) is 0. The Morgan fingerprint density at radius 2 is 1.79 bits per heavy atom. The van der Waals surface area contributed by atoms with Crippen molar-refractivity contribution in [1.82, 2.24) is 4.90 Å². The molecule has 1 aromatic rings. The van der Waals surface area contributed by atoms with Gasteiger partial charge in [-0.1, -0.05) is 24.6 Å². The van der Waals surface area contributed by atoms with Crippen LogP contribution in [-0.4, -0.2) is 18.0 Å². The third-order valence-electron chi connectivity index (χ3n) is 5.62. The molecule has 2 atom stereocenters. The summed E-state index contributed by atoms with van der Waals surface area (Å²) in [5, 5.41) is 0. The first-order valence-electron chi connectivity index (χ1n) is 8.29. The highest BCUT2D eigenvalue weighted by atomic mass is 15.2. The number of hydrogen-bond acceptors (Lipinski definition) is 1. The molecule has 0 bridgehead atoms. The van der Waals surface area contributed by atoms with Crippen LogP contribution >= 0.6 is 0 Å². The maximum atomic E-state index is 2.78. The first-order valence-corrected chi connectivity index (χ1v) is 8.29. The first kappa shape index (κ1) is 12.0. The van der Waals surface area contributed by atoms with Crippen LogP contribution in [0, 0.1) is 0 Å². The fraction of sp³-hybridized carbons (Fsp3) is 0.667. The first-order chi connectivity index (χ1) is 9.43. The fourth-order valence-electron chi connectivity index (χ4n) is 4.74. The number of hydrogen-bond donors (Lipinski definition) is 0. The van der Waals surface area contributed by atoms with Gasteiger partial charge in [-0.3, -0.25) is 4.90 Å². The van der Waals surface area contributed by atoms with Crippen molar-refractivity contribution < 1.29 is 0 Å². The van der Waals surface area contributed by atoms with E-state index in [0.717, 1.165) is 12.0 Å². The topological polar surface area (TPSA) is 3.24 Å². The number of piperidine rings is 1. The molecule has 2 unspecified atom stereocenters. The van der Waals surface area contributed by atoms with Crippen LogP contribution < -0.4 is 0 Å². The van der Waals surface area contributed by atoms with E-state index in [1.807, 2.05) is 0 Å². The average molecular weight is 255 g/mol. The van der Waals surface area contributed by atoms with Crippen molar-refractivity contribution in [2.24, 2.45) is 0 Å². The molecule has 102 valence electrons. The Hall–Kier alpha value is -0.820. The minimum Gasteiger partial charge on any atom is -0.296 e. The Morgan fingerprint density at radius 1 is 0.895 bits per heavy atom. The molecule has 0 aromatic heterocycles. The smallest absolute Gasteiger partial charge is 0.0351 e. The number of nitrogens with zero attached hydrogens (tertiary/aromatic N) is 1. The molecular weight excluding hydrogens is 230 g/mol. The summed E-state index contributed by atoms with van der Waals surface area (Å²) in [5.41, 5.74) is 5.15. The van der Waals surface area contributed by atoms with Gasteiger partial charge in [-0.25, -0.2) is 0 Å². The van der Waals surface area contributed by atoms with Crippen LogP contribution in [0.5, 0.6) is 0 Å². The van der Waals surface area contributed by atoms with Crippen molar-refractivity contribution in [1.29, 1.82) is 0 Å². The number of rotatable bonds is 1. The summed E-state index contributed by atoms with van der Waals surface area (Å²) in [5.74, 6) is 0.890. The van der Waals surface area contributed by atoms with Crippen LogP contribution in [0.3, 0.4) is 0 Å². The Bertz CT molecular complexity index is 459. The summed E-state index contributed by atoms with van der Waals surface area (Å²) in [4.78, 5) is 2.78. The Kier molecular flexibility index (Phi) is 3.11. The van der Waals surface area contributed by atoms with Crippen LogP contribution in [0.1, 0.15) is 73.6 Å². The highest BCUT2D eigenvalue weighted by molar-refractivity contribution is 5.43. The van der Waals surface area contributed by atoms with E-state index in [9.17, 15) is 0 Å². The molecule has 1 saturated heterocycles. The minimum absolute atomic E-state index is 0.740. The van der Waals surface area contributed by atoms with Crippen LogP contribution in [-0.2, 0) is 6.42 Å². The molecule has 1 aromatic carbocycles. The molecule has 1 aliphatic heterocycles. The van der Waals surface area contributed by atoms with Gasteiger partial charge in [0.15, 0.2) is 0 Å². The lowest BCUT2D eigenvalue weighted by atomic mass is 9.71. The lowest BCUT2D eigenvalue weighted by Crippen LogP contribution is -2.36. The monoisotopic (exact) mass is 255 g/mol. The van der Waals surface area contributed by atoms with Gasteiger partial charge in [0, 0.05) is 6.04 Å². The van der Waals surface area contributed by atoms with Gasteiger partial charge in [-0.15, -0.1) is 0 Å². The molecule has 1 fully saturated rings. The summed E-state index contributed by atoms with van der Waals surface area (Å²) in [6.45, 7) is 2.66. The molecule has 0 amide bonds. The van der Waals surface area contributed by atoms with E-state index in [2.05, 4.69) is 23.1 Å². The lowest BCUT2D eigenvalue weighted by Gasteiger charge is -2.42. The predicted molar refractivity (Wildman–Crippen MR) is 79.5 cm³/mol. The van der Waals surface area contributed by atoms with Gasteiger partial charge in [0.25, 0.3) is 0 Å². The van der Waals surface area contributed by atoms with Gasteiger partial charge in [-0.2, -0.15) is 0 Å². The standard InChI is InChI=1S/C18H25N/c1-2-12-19(13-3-1)17-11-10-15-7-4-6-14-8-5-9-16(17)18(14)15/h5,8-9,15,17H,1-4,6-7,10-13H2. The zero-order chi connectivity index (χ0) is 12.7. The third kappa shape index (κ3) is 2.03.